The summed E-state index contributed by atoms with van der Waals surface area (Å²) in [5.41, 5.74) is 2.18. The van der Waals surface area contributed by atoms with E-state index in [1.54, 1.807) is 6.07 Å². The number of ether oxygens (including phenoxy) is 1. The van der Waals surface area contributed by atoms with Crippen molar-refractivity contribution in [1.29, 1.82) is 0 Å². The van der Waals surface area contributed by atoms with Crippen molar-refractivity contribution in [2.75, 3.05) is 77.5 Å². The van der Waals surface area contributed by atoms with Crippen molar-refractivity contribution in [3.05, 3.63) is 103 Å². The molecule has 4 aliphatic rings. The van der Waals surface area contributed by atoms with Gasteiger partial charge in [-0.2, -0.15) is 13.5 Å². The van der Waals surface area contributed by atoms with Crippen molar-refractivity contribution >= 4 is 78.3 Å². The fraction of sp³-hybridized carbons (Fsp3) is 0.435. The Morgan fingerprint density at radius 3 is 2.42 bits per heavy atom. The van der Waals surface area contributed by atoms with Gasteiger partial charge < -0.3 is 24.5 Å². The van der Waals surface area contributed by atoms with E-state index >= 15 is 0 Å². The molecule has 2 N–H and O–H groups in total. The average Bonchev–Trinajstić information content (AvgIpc) is 3.96. The number of rotatable bonds is 8. The first-order chi connectivity index (χ1) is 31.4. The van der Waals surface area contributed by atoms with Gasteiger partial charge in [0.25, 0.3) is 5.91 Å². The van der Waals surface area contributed by atoms with E-state index in [-0.39, 0.29) is 42.1 Å². The number of nitrogens with one attached hydrogen (secondary N) is 1. The summed E-state index contributed by atoms with van der Waals surface area (Å²) in [5, 5.41) is 19.2. The predicted molar refractivity (Wildman–Crippen MR) is 253 cm³/mol. The zero-order chi connectivity index (χ0) is 45.7. The molecule has 1 aliphatic carbocycles. The highest BCUT2D eigenvalue weighted by Gasteiger charge is 2.49. The van der Waals surface area contributed by atoms with Crippen LogP contribution < -0.4 is 4.90 Å². The Balaban J connectivity index is 0.000000168. The number of piperazine rings is 1. The second kappa shape index (κ2) is 21.1. The SMILES string of the molecule is CN1CCN(Cc2cc3nc(-c4cccc5[nH]ncc45)nc(N4CCOCC4)c3s2)CC1.O=C(c1ccc(F)c(F)c1Cc1ccc(I)cc1F)N1CC(O)(C2CCCCC2)C1.O=S=O. The van der Waals surface area contributed by atoms with Gasteiger partial charge in [-0.3, -0.25) is 14.8 Å². The van der Waals surface area contributed by atoms with E-state index in [1.165, 1.54) is 39.1 Å². The number of hydrogen-bond donors (Lipinski definition) is 2. The summed E-state index contributed by atoms with van der Waals surface area (Å²) in [7, 11) is 2.20. The molecule has 3 aromatic carbocycles. The maximum atomic E-state index is 14.6. The number of morpholine rings is 1. The van der Waals surface area contributed by atoms with E-state index in [1.807, 2.05) is 52.3 Å². The number of carbonyl (C=O) groups is 1. The number of likely N-dealkylation sites (N-methyl/N-ethyl adjacent to an activating group) is 1. The van der Waals surface area contributed by atoms with Crippen molar-refractivity contribution in [2.45, 2.75) is 50.7 Å². The van der Waals surface area contributed by atoms with Crippen LogP contribution >= 0.6 is 33.9 Å². The van der Waals surface area contributed by atoms with Gasteiger partial charge in [0.1, 0.15) is 11.4 Å². The molecule has 13 nitrogen and oxygen atoms in total. The van der Waals surface area contributed by atoms with Crippen LogP contribution in [0.15, 0.2) is 60.8 Å². The minimum Gasteiger partial charge on any atom is -0.386 e. The van der Waals surface area contributed by atoms with Gasteiger partial charge in [0.15, 0.2) is 23.3 Å². The molecule has 3 aliphatic heterocycles. The summed E-state index contributed by atoms with van der Waals surface area (Å²) < 4.78 is 66.9. The molecular weight excluding hydrogens is 993 g/mol. The third-order valence-corrected chi connectivity index (χ3v) is 14.6. The fourth-order valence-corrected chi connectivity index (χ4v) is 10.8. The number of thiophene rings is 1. The molecule has 1 amide bonds. The molecular formula is C46H50F3IN8O5S2. The molecule has 0 atom stereocenters. The lowest BCUT2D eigenvalue weighted by Gasteiger charge is -2.51. The van der Waals surface area contributed by atoms with Crippen LogP contribution in [0, 0.1) is 26.9 Å². The quantitative estimate of drug-likeness (QED) is 0.149. The molecule has 3 aromatic heterocycles. The summed E-state index contributed by atoms with van der Waals surface area (Å²) >= 11 is 3.06. The Kier molecular flexibility index (Phi) is 15.3. The van der Waals surface area contributed by atoms with Gasteiger partial charge in [-0.15, -0.1) is 11.3 Å². The molecule has 19 heteroatoms. The number of aromatic nitrogens is 4. The van der Waals surface area contributed by atoms with Crippen LogP contribution in [-0.4, -0.2) is 133 Å². The van der Waals surface area contributed by atoms with Gasteiger partial charge in [0.05, 0.1) is 48.2 Å². The van der Waals surface area contributed by atoms with Gasteiger partial charge >= 0.3 is 11.6 Å². The number of β-amino-alcohol motifs (C(OH)–C–C–N with tert-alkyl or cyclic N) is 1. The number of likely N-dealkylation sites (tertiary alicyclic amines) is 1. The van der Waals surface area contributed by atoms with E-state index in [0.29, 0.717) is 3.57 Å². The van der Waals surface area contributed by atoms with Crippen LogP contribution in [0.2, 0.25) is 0 Å². The van der Waals surface area contributed by atoms with Gasteiger partial charge in [0.2, 0.25) is 0 Å². The summed E-state index contributed by atoms with van der Waals surface area (Å²) in [5.74, 6) is -1.24. The van der Waals surface area contributed by atoms with Crippen LogP contribution in [0.25, 0.3) is 32.5 Å². The number of fused-ring (bicyclic) bond motifs is 2. The maximum Gasteiger partial charge on any atom is 0.335 e. The highest BCUT2D eigenvalue weighted by Crippen LogP contribution is 2.40. The van der Waals surface area contributed by atoms with Gasteiger partial charge in [-0.25, -0.2) is 23.1 Å². The largest absolute Gasteiger partial charge is 0.386 e. The van der Waals surface area contributed by atoms with E-state index in [2.05, 4.69) is 44.1 Å². The van der Waals surface area contributed by atoms with Crippen LogP contribution in [0.3, 0.4) is 0 Å². The topological polar surface area (TPSA) is 148 Å². The smallest absolute Gasteiger partial charge is 0.335 e. The Morgan fingerprint density at radius 2 is 1.69 bits per heavy atom. The number of benzene rings is 3. The molecule has 344 valence electrons. The van der Waals surface area contributed by atoms with E-state index in [0.717, 1.165) is 124 Å². The Morgan fingerprint density at radius 1 is 0.954 bits per heavy atom. The Bertz CT molecular complexity index is 2670. The number of hydrogen-bond acceptors (Lipinski definition) is 12. The maximum absolute atomic E-state index is 14.6. The number of nitrogens with zero attached hydrogens (tertiary/aromatic N) is 7. The van der Waals surface area contributed by atoms with Crippen molar-refractivity contribution in [3.63, 3.8) is 0 Å². The summed E-state index contributed by atoms with van der Waals surface area (Å²) in [6.45, 7) is 9.01. The minimum atomic E-state index is -1.14. The predicted octanol–water partition coefficient (Wildman–Crippen LogP) is 7.21. The second-order valence-corrected chi connectivity index (χ2v) is 19.6. The van der Waals surface area contributed by atoms with Crippen molar-refractivity contribution in [3.8, 4) is 11.4 Å². The molecule has 6 heterocycles. The third-order valence-electron chi connectivity index (χ3n) is 12.8. The van der Waals surface area contributed by atoms with Crippen molar-refractivity contribution < 1.29 is 36.2 Å². The van der Waals surface area contributed by atoms with Gasteiger partial charge in [-0.05, 0) is 90.4 Å². The van der Waals surface area contributed by atoms with Crippen LogP contribution in [-0.2, 0) is 29.3 Å². The monoisotopic (exact) mass is 1040 g/mol. The fourth-order valence-electron chi connectivity index (χ4n) is 9.19. The summed E-state index contributed by atoms with van der Waals surface area (Å²) in [6, 6.07) is 15.1. The molecule has 0 unspecified atom stereocenters. The molecule has 6 aromatic rings. The number of amides is 1. The minimum absolute atomic E-state index is 0.0116. The van der Waals surface area contributed by atoms with Gasteiger partial charge in [-0.1, -0.05) is 37.5 Å². The molecule has 4 fully saturated rings. The molecule has 3 saturated heterocycles. The third kappa shape index (κ3) is 10.8. The van der Waals surface area contributed by atoms with E-state index < -0.39 is 40.5 Å². The number of carbonyl (C=O) groups excluding carboxylic acids is 1. The first-order valence-electron chi connectivity index (χ1n) is 21.8. The zero-order valence-corrected chi connectivity index (χ0v) is 39.7. The Hall–Kier alpha value is -4.38. The van der Waals surface area contributed by atoms with E-state index in [9.17, 15) is 23.1 Å². The lowest BCUT2D eigenvalue weighted by atomic mass is 9.72. The second-order valence-electron chi connectivity index (χ2n) is 17.1. The molecule has 10 rings (SSSR count). The number of H-pyrrole nitrogens is 1. The number of anilines is 1. The number of aliphatic hydroxyl groups is 1. The van der Waals surface area contributed by atoms with Crippen LogP contribution in [0.4, 0.5) is 19.0 Å². The molecule has 1 saturated carbocycles. The summed E-state index contributed by atoms with van der Waals surface area (Å²) in [4.78, 5) is 33.3. The zero-order valence-electron chi connectivity index (χ0n) is 35.9. The van der Waals surface area contributed by atoms with E-state index in [4.69, 9.17) is 23.1 Å². The highest BCUT2D eigenvalue weighted by molar-refractivity contribution is 14.1. The molecule has 0 spiro atoms. The Labute approximate surface area is 396 Å². The number of halogens is 4. The average molecular weight is 1040 g/mol. The normalized spacial score (nSPS) is 18.1. The lowest BCUT2D eigenvalue weighted by molar-refractivity contribution is -0.127. The van der Waals surface area contributed by atoms with Gasteiger partial charge in [0, 0.05) is 82.8 Å². The summed E-state index contributed by atoms with van der Waals surface area (Å²) in [6.07, 6.45) is 6.85. The molecule has 0 bridgehead atoms. The highest BCUT2D eigenvalue weighted by atomic mass is 127. The van der Waals surface area contributed by atoms with Crippen molar-refractivity contribution in [2.24, 2.45) is 5.92 Å². The lowest BCUT2D eigenvalue weighted by Crippen LogP contribution is -2.67. The first kappa shape index (κ1) is 47.1. The van der Waals surface area contributed by atoms with Crippen LogP contribution in [0.1, 0.15) is 58.5 Å². The number of aromatic amines is 1. The molecule has 0 radical (unpaired) electrons. The standard InChI is InChI=1S/C23H23F3INO2.C23H27N7OS.O2S/c24-19-9-8-17(18(21(19)26)10-14-6-7-16(27)11-20(14)25)22(29)28-12-23(30,13-28)15-4-2-1-3-5-15;1-28-5-7-29(8-6-28)15-16-13-20-21(32-16)23(30-9-11-31-12-10-30)26-22(25-20)17-3-2-4-19-18(17)14-24-27-19;1-3-2/h6-9,11,15,30H,1-5,10,12-13H2;2-4,13-14H,5-12,15H2,1H3,(H,24,27);. The van der Waals surface area contributed by atoms with Crippen LogP contribution in [0.5, 0.6) is 0 Å². The van der Waals surface area contributed by atoms with Crippen molar-refractivity contribution in [1.82, 2.24) is 34.9 Å². The molecule has 65 heavy (non-hydrogen) atoms. The first-order valence-corrected chi connectivity index (χ1v) is 24.3.